The topological polar surface area (TPSA) is 87.6 Å². The largest absolute Gasteiger partial charge is 0.278 e. The summed E-state index contributed by atoms with van der Waals surface area (Å²) in [6, 6.07) is 12.2. The first-order chi connectivity index (χ1) is 11.8. The molecular formula is C17H18ClN3O3S. The second kappa shape index (κ2) is 8.13. The molecule has 0 bridgehead atoms. The summed E-state index contributed by atoms with van der Waals surface area (Å²) in [5.74, 6) is -0.484. The van der Waals surface area contributed by atoms with E-state index in [4.69, 9.17) is 11.6 Å². The van der Waals surface area contributed by atoms with E-state index >= 15 is 0 Å². The van der Waals surface area contributed by atoms with Gasteiger partial charge in [0.2, 0.25) is 0 Å². The third kappa shape index (κ3) is 5.04. The molecule has 8 heteroatoms. The number of carbonyl (C=O) groups excluding carboxylic acids is 1. The van der Waals surface area contributed by atoms with Crippen molar-refractivity contribution < 1.29 is 13.2 Å². The quantitative estimate of drug-likeness (QED) is 0.593. The van der Waals surface area contributed by atoms with E-state index in [1.165, 1.54) is 24.3 Å². The number of nitrogens with zero attached hydrogens (tertiary/aromatic N) is 1. The lowest BCUT2D eigenvalue weighted by Gasteiger charge is -2.10. The summed E-state index contributed by atoms with van der Waals surface area (Å²) in [5, 5.41) is 4.21. The van der Waals surface area contributed by atoms with Gasteiger partial charge in [-0.1, -0.05) is 36.7 Å². The molecule has 132 valence electrons. The Morgan fingerprint density at radius 1 is 1.16 bits per heavy atom. The number of hydrogen-bond donors (Lipinski definition) is 2. The highest BCUT2D eigenvalue weighted by atomic mass is 35.5. The molecule has 2 rings (SSSR count). The maximum Gasteiger partial charge on any atom is 0.271 e. The molecule has 25 heavy (non-hydrogen) atoms. The number of sulfonamides is 1. The molecule has 0 aromatic heterocycles. The second-order valence-corrected chi connectivity index (χ2v) is 7.34. The Hall–Kier alpha value is -2.38. The van der Waals surface area contributed by atoms with E-state index in [0.29, 0.717) is 6.42 Å². The zero-order chi connectivity index (χ0) is 18.4. The number of benzene rings is 2. The minimum atomic E-state index is -3.88. The third-order valence-electron chi connectivity index (χ3n) is 3.38. The molecule has 0 saturated carbocycles. The first kappa shape index (κ1) is 19.0. The molecule has 0 heterocycles. The Balaban J connectivity index is 2.25. The van der Waals surface area contributed by atoms with Gasteiger partial charge in [0, 0.05) is 11.3 Å². The molecule has 0 aliphatic heterocycles. The van der Waals surface area contributed by atoms with E-state index in [9.17, 15) is 13.2 Å². The predicted molar refractivity (Wildman–Crippen MR) is 99.6 cm³/mol. The smallest absolute Gasteiger partial charge is 0.271 e. The predicted octanol–water partition coefficient (Wildman–Crippen LogP) is 3.66. The van der Waals surface area contributed by atoms with Crippen molar-refractivity contribution in [2.45, 2.75) is 25.2 Å². The van der Waals surface area contributed by atoms with E-state index in [0.717, 1.165) is 5.71 Å². The van der Waals surface area contributed by atoms with Crippen LogP contribution in [-0.4, -0.2) is 20.0 Å². The number of hydrazone groups is 1. The maximum atomic E-state index is 12.5. The lowest BCUT2D eigenvalue weighted by atomic mass is 10.2. The highest BCUT2D eigenvalue weighted by Crippen LogP contribution is 2.24. The monoisotopic (exact) mass is 379 g/mol. The molecule has 0 radical (unpaired) electrons. The molecule has 0 fully saturated rings. The number of hydrogen-bond acceptors (Lipinski definition) is 4. The highest BCUT2D eigenvalue weighted by molar-refractivity contribution is 7.92. The van der Waals surface area contributed by atoms with Gasteiger partial charge in [0.15, 0.2) is 0 Å². The molecule has 0 spiro atoms. The molecule has 0 saturated heterocycles. The summed E-state index contributed by atoms with van der Waals surface area (Å²) in [4.78, 5) is 12.1. The van der Waals surface area contributed by atoms with Crippen molar-refractivity contribution in [2.24, 2.45) is 5.10 Å². The molecule has 0 aliphatic rings. The van der Waals surface area contributed by atoms with Gasteiger partial charge in [0.25, 0.3) is 15.9 Å². The first-order valence-electron chi connectivity index (χ1n) is 7.54. The standard InChI is InChI=1S/C17H18ClN3O3S/c1-3-12(2)19-20-17(22)13-7-6-8-14(11-13)25(23,24)21-16-10-5-4-9-15(16)18/h4-11,21H,3H2,1-2H3,(H,20,22)/b19-12-. The van der Waals surface area contributed by atoms with Crippen LogP contribution in [0.4, 0.5) is 5.69 Å². The second-order valence-electron chi connectivity index (χ2n) is 5.25. The van der Waals surface area contributed by atoms with Crippen LogP contribution < -0.4 is 10.1 Å². The van der Waals surface area contributed by atoms with Crippen LogP contribution in [0.25, 0.3) is 0 Å². The van der Waals surface area contributed by atoms with Crippen LogP contribution in [0, 0.1) is 0 Å². The fourth-order valence-electron chi connectivity index (χ4n) is 1.84. The fourth-order valence-corrected chi connectivity index (χ4v) is 3.21. The Morgan fingerprint density at radius 2 is 1.88 bits per heavy atom. The molecule has 0 atom stereocenters. The summed E-state index contributed by atoms with van der Waals surface area (Å²) < 4.78 is 27.4. The van der Waals surface area contributed by atoms with E-state index in [2.05, 4.69) is 15.2 Å². The van der Waals surface area contributed by atoms with Gasteiger partial charge < -0.3 is 0 Å². The molecule has 0 unspecified atom stereocenters. The zero-order valence-corrected chi connectivity index (χ0v) is 15.4. The number of amides is 1. The lowest BCUT2D eigenvalue weighted by molar-refractivity contribution is 0.0954. The normalized spacial score (nSPS) is 11.9. The average Bonchev–Trinajstić information content (AvgIpc) is 2.61. The van der Waals surface area contributed by atoms with Crippen molar-refractivity contribution in [3.63, 3.8) is 0 Å². The van der Waals surface area contributed by atoms with Crippen molar-refractivity contribution in [3.05, 3.63) is 59.1 Å². The summed E-state index contributed by atoms with van der Waals surface area (Å²) in [5.41, 5.74) is 3.62. The average molecular weight is 380 g/mol. The van der Waals surface area contributed by atoms with Crippen LogP contribution in [0.3, 0.4) is 0 Å². The zero-order valence-electron chi connectivity index (χ0n) is 13.8. The van der Waals surface area contributed by atoms with Crippen LogP contribution in [-0.2, 0) is 10.0 Å². The number of halogens is 1. The number of nitrogens with one attached hydrogen (secondary N) is 2. The van der Waals surface area contributed by atoms with Crippen LogP contribution in [0.15, 0.2) is 58.5 Å². The number of carbonyl (C=O) groups is 1. The third-order valence-corrected chi connectivity index (χ3v) is 5.08. The number of anilines is 1. The van der Waals surface area contributed by atoms with Gasteiger partial charge in [0.1, 0.15) is 0 Å². The summed E-state index contributed by atoms with van der Waals surface area (Å²) in [7, 11) is -3.88. The maximum absolute atomic E-state index is 12.5. The number of rotatable bonds is 6. The molecule has 2 aromatic carbocycles. The van der Waals surface area contributed by atoms with E-state index in [1.807, 2.05) is 6.92 Å². The SMILES string of the molecule is CC/C(C)=N\NC(=O)c1cccc(S(=O)(=O)Nc2ccccc2Cl)c1. The van der Waals surface area contributed by atoms with Gasteiger partial charge in [0.05, 0.1) is 15.6 Å². The Bertz CT molecular complexity index is 911. The van der Waals surface area contributed by atoms with Crippen molar-refractivity contribution in [1.29, 1.82) is 0 Å². The van der Waals surface area contributed by atoms with Crippen molar-refractivity contribution in [1.82, 2.24) is 5.43 Å². The van der Waals surface area contributed by atoms with E-state index in [1.54, 1.807) is 31.2 Å². The fraction of sp³-hybridized carbons (Fsp3) is 0.176. The Labute approximate surface area is 152 Å². The van der Waals surface area contributed by atoms with Gasteiger partial charge in [-0.3, -0.25) is 9.52 Å². The summed E-state index contributed by atoms with van der Waals surface area (Å²) in [6.07, 6.45) is 0.705. The first-order valence-corrected chi connectivity index (χ1v) is 9.40. The van der Waals surface area contributed by atoms with Gasteiger partial charge in [-0.2, -0.15) is 5.10 Å². The van der Waals surface area contributed by atoms with Crippen molar-refractivity contribution >= 4 is 38.9 Å². The van der Waals surface area contributed by atoms with E-state index < -0.39 is 15.9 Å². The van der Waals surface area contributed by atoms with Crippen LogP contribution in [0.5, 0.6) is 0 Å². The highest BCUT2D eigenvalue weighted by Gasteiger charge is 2.17. The van der Waals surface area contributed by atoms with Gasteiger partial charge in [-0.25, -0.2) is 13.8 Å². The van der Waals surface area contributed by atoms with Gasteiger partial charge in [-0.15, -0.1) is 0 Å². The lowest BCUT2D eigenvalue weighted by Crippen LogP contribution is -2.20. The van der Waals surface area contributed by atoms with Gasteiger partial charge >= 0.3 is 0 Å². The molecule has 6 nitrogen and oxygen atoms in total. The summed E-state index contributed by atoms with van der Waals surface area (Å²) in [6.45, 7) is 3.70. The van der Waals surface area contributed by atoms with Gasteiger partial charge in [-0.05, 0) is 43.7 Å². The van der Waals surface area contributed by atoms with Crippen LogP contribution in [0.2, 0.25) is 5.02 Å². The van der Waals surface area contributed by atoms with Crippen LogP contribution in [0.1, 0.15) is 30.6 Å². The summed E-state index contributed by atoms with van der Waals surface area (Å²) >= 11 is 5.98. The number of para-hydroxylation sites is 1. The van der Waals surface area contributed by atoms with Crippen molar-refractivity contribution in [3.8, 4) is 0 Å². The molecule has 0 aliphatic carbocycles. The molecule has 1 amide bonds. The molecule has 2 aromatic rings. The minimum absolute atomic E-state index is 0.0451. The molecule has 2 N–H and O–H groups in total. The minimum Gasteiger partial charge on any atom is -0.278 e. The van der Waals surface area contributed by atoms with Crippen molar-refractivity contribution in [2.75, 3.05) is 4.72 Å². The van der Waals surface area contributed by atoms with E-state index in [-0.39, 0.29) is 21.2 Å². The Morgan fingerprint density at radius 3 is 2.56 bits per heavy atom. The molecular weight excluding hydrogens is 362 g/mol. The Kier molecular flexibility index (Phi) is 6.17. The van der Waals surface area contributed by atoms with Crippen LogP contribution >= 0.6 is 11.6 Å².